The Balaban J connectivity index is 0.000000861. The van der Waals surface area contributed by atoms with Crippen molar-refractivity contribution in [3.63, 3.8) is 0 Å². The van der Waals surface area contributed by atoms with Gasteiger partial charge in [0.05, 0.1) is 0 Å². The predicted molar refractivity (Wildman–Crippen MR) is 83.3 cm³/mol. The number of hydrogen-bond acceptors (Lipinski definition) is 1. The van der Waals surface area contributed by atoms with E-state index in [1.165, 1.54) is 22.3 Å². The summed E-state index contributed by atoms with van der Waals surface area (Å²) >= 11 is 0. The predicted octanol–water partition coefficient (Wildman–Crippen LogP) is 5.74. The lowest BCUT2D eigenvalue weighted by molar-refractivity contribution is 0.474. The minimum atomic E-state index is 0.943. The molecule has 0 saturated carbocycles. The highest BCUT2D eigenvalue weighted by Crippen LogP contribution is 2.30. The molecule has 0 aliphatic carbocycles. The Labute approximate surface area is 117 Å². The van der Waals surface area contributed by atoms with E-state index in [0.29, 0.717) is 0 Å². The summed E-state index contributed by atoms with van der Waals surface area (Å²) in [6, 6.07) is 12.3. The van der Waals surface area contributed by atoms with Gasteiger partial charge in [0.15, 0.2) is 0 Å². The molecule has 1 heteroatoms. The van der Waals surface area contributed by atoms with Crippen LogP contribution in [0.3, 0.4) is 0 Å². The Morgan fingerprint density at radius 3 is 1.37 bits per heavy atom. The van der Waals surface area contributed by atoms with Crippen molar-refractivity contribution in [3.05, 3.63) is 58.7 Å². The number of hydrogen-bond donors (Lipinski definition) is 0. The molecule has 2 rings (SSSR count). The Morgan fingerprint density at radius 1 is 0.632 bits per heavy atom. The molecule has 0 N–H and O–H groups in total. The average molecular weight is 256 g/mol. The van der Waals surface area contributed by atoms with Crippen LogP contribution in [-0.4, -0.2) is 0 Å². The van der Waals surface area contributed by atoms with Gasteiger partial charge in [0.2, 0.25) is 0 Å². The summed E-state index contributed by atoms with van der Waals surface area (Å²) in [4.78, 5) is 0. The fourth-order valence-electron chi connectivity index (χ4n) is 1.79. The third kappa shape index (κ3) is 3.60. The van der Waals surface area contributed by atoms with Crippen LogP contribution in [0.25, 0.3) is 0 Å². The van der Waals surface area contributed by atoms with Gasteiger partial charge in [-0.25, -0.2) is 0 Å². The van der Waals surface area contributed by atoms with Gasteiger partial charge in [-0.2, -0.15) is 0 Å². The third-order valence-corrected chi connectivity index (χ3v) is 3.33. The van der Waals surface area contributed by atoms with Crippen LogP contribution in [0.15, 0.2) is 36.4 Å². The van der Waals surface area contributed by atoms with Gasteiger partial charge in [-0.05, 0) is 62.1 Å². The largest absolute Gasteiger partial charge is 0.457 e. The molecule has 0 radical (unpaired) electrons. The maximum atomic E-state index is 6.00. The van der Waals surface area contributed by atoms with E-state index in [1.807, 2.05) is 38.1 Å². The number of aryl methyl sites for hydroxylation is 2. The summed E-state index contributed by atoms with van der Waals surface area (Å²) in [6.45, 7) is 12.4. The maximum Gasteiger partial charge on any atom is 0.130 e. The second-order valence-corrected chi connectivity index (χ2v) is 4.50. The first-order valence-electron chi connectivity index (χ1n) is 6.90. The fourth-order valence-corrected chi connectivity index (χ4v) is 1.79. The molecular weight excluding hydrogens is 232 g/mol. The van der Waals surface area contributed by atoms with Crippen LogP contribution in [0.5, 0.6) is 11.5 Å². The summed E-state index contributed by atoms with van der Waals surface area (Å²) in [7, 11) is 0. The number of benzene rings is 2. The van der Waals surface area contributed by atoms with Crippen molar-refractivity contribution in [2.24, 2.45) is 0 Å². The standard InChI is InChI=1S/C16H18O.C2H6/c1-11-7-5-9-15(13(11)3)17-16-10-6-8-12(2)14(16)4;1-2/h5-10H,1-4H3;1-2H3. The van der Waals surface area contributed by atoms with Crippen molar-refractivity contribution in [1.82, 2.24) is 0 Å². The van der Waals surface area contributed by atoms with Gasteiger partial charge in [0, 0.05) is 0 Å². The van der Waals surface area contributed by atoms with Crippen LogP contribution in [0.2, 0.25) is 0 Å². The number of ether oxygens (including phenoxy) is 1. The Bertz CT molecular complexity index is 492. The van der Waals surface area contributed by atoms with Crippen molar-refractivity contribution in [3.8, 4) is 11.5 Å². The third-order valence-electron chi connectivity index (χ3n) is 3.33. The van der Waals surface area contributed by atoms with Gasteiger partial charge < -0.3 is 4.74 Å². The van der Waals surface area contributed by atoms with E-state index in [4.69, 9.17) is 4.74 Å². The molecule has 0 heterocycles. The van der Waals surface area contributed by atoms with Crippen molar-refractivity contribution in [2.45, 2.75) is 41.5 Å². The molecule has 0 amide bonds. The molecule has 19 heavy (non-hydrogen) atoms. The van der Waals surface area contributed by atoms with Crippen LogP contribution in [0.4, 0.5) is 0 Å². The summed E-state index contributed by atoms with van der Waals surface area (Å²) in [5.74, 6) is 1.89. The molecule has 0 aliphatic rings. The zero-order valence-electron chi connectivity index (χ0n) is 12.9. The van der Waals surface area contributed by atoms with Crippen LogP contribution in [0, 0.1) is 27.7 Å². The smallest absolute Gasteiger partial charge is 0.130 e. The first-order chi connectivity index (χ1) is 9.09. The average Bonchev–Trinajstić information content (AvgIpc) is 2.42. The zero-order valence-corrected chi connectivity index (χ0v) is 12.9. The van der Waals surface area contributed by atoms with Crippen molar-refractivity contribution in [1.29, 1.82) is 0 Å². The SMILES string of the molecule is CC.Cc1cccc(Oc2cccc(C)c2C)c1C. The minimum absolute atomic E-state index is 0.943. The molecule has 0 fully saturated rings. The summed E-state index contributed by atoms with van der Waals surface area (Å²) in [5, 5.41) is 0. The van der Waals surface area contributed by atoms with Crippen LogP contribution >= 0.6 is 0 Å². The lowest BCUT2D eigenvalue weighted by Crippen LogP contribution is -1.93. The topological polar surface area (TPSA) is 9.23 Å². The van der Waals surface area contributed by atoms with E-state index in [1.54, 1.807) is 0 Å². The number of rotatable bonds is 2. The highest BCUT2D eigenvalue weighted by molar-refractivity contribution is 5.45. The maximum absolute atomic E-state index is 6.00. The first-order valence-corrected chi connectivity index (χ1v) is 6.90. The van der Waals surface area contributed by atoms with Gasteiger partial charge in [0.25, 0.3) is 0 Å². The van der Waals surface area contributed by atoms with E-state index in [9.17, 15) is 0 Å². The normalized spacial score (nSPS) is 9.58. The van der Waals surface area contributed by atoms with Crippen molar-refractivity contribution in [2.75, 3.05) is 0 Å². The lowest BCUT2D eigenvalue weighted by atomic mass is 10.1. The Kier molecular flexibility index (Phi) is 5.62. The van der Waals surface area contributed by atoms with Crippen LogP contribution in [0.1, 0.15) is 36.1 Å². The molecule has 0 aliphatic heterocycles. The summed E-state index contributed by atoms with van der Waals surface area (Å²) < 4.78 is 6.00. The first kappa shape index (κ1) is 15.3. The molecule has 0 spiro atoms. The van der Waals surface area contributed by atoms with Crippen molar-refractivity contribution < 1.29 is 4.74 Å². The van der Waals surface area contributed by atoms with Gasteiger partial charge >= 0.3 is 0 Å². The molecule has 0 atom stereocenters. The molecule has 0 saturated heterocycles. The van der Waals surface area contributed by atoms with E-state index in [-0.39, 0.29) is 0 Å². The van der Waals surface area contributed by atoms with E-state index in [2.05, 4.69) is 39.8 Å². The lowest BCUT2D eigenvalue weighted by Gasteiger charge is -2.13. The second-order valence-electron chi connectivity index (χ2n) is 4.50. The van der Waals surface area contributed by atoms with Crippen LogP contribution in [-0.2, 0) is 0 Å². The second kappa shape index (κ2) is 6.98. The summed E-state index contributed by atoms with van der Waals surface area (Å²) in [5.41, 5.74) is 4.92. The van der Waals surface area contributed by atoms with E-state index >= 15 is 0 Å². The van der Waals surface area contributed by atoms with Gasteiger partial charge in [-0.3, -0.25) is 0 Å². The van der Waals surface area contributed by atoms with E-state index < -0.39 is 0 Å². The molecule has 0 bridgehead atoms. The van der Waals surface area contributed by atoms with Gasteiger partial charge in [-0.15, -0.1) is 0 Å². The van der Waals surface area contributed by atoms with Crippen molar-refractivity contribution >= 4 is 0 Å². The quantitative estimate of drug-likeness (QED) is 0.666. The molecule has 2 aromatic rings. The fraction of sp³-hybridized carbons (Fsp3) is 0.333. The molecule has 0 aromatic heterocycles. The van der Waals surface area contributed by atoms with Crippen LogP contribution < -0.4 is 4.74 Å². The van der Waals surface area contributed by atoms with Gasteiger partial charge in [0.1, 0.15) is 11.5 Å². The molecule has 2 aromatic carbocycles. The molecule has 0 unspecified atom stereocenters. The monoisotopic (exact) mass is 256 g/mol. The Hall–Kier alpha value is -1.76. The molecular formula is C18H24O. The minimum Gasteiger partial charge on any atom is -0.457 e. The zero-order chi connectivity index (χ0) is 14.4. The molecule has 1 nitrogen and oxygen atoms in total. The molecule has 102 valence electrons. The highest BCUT2D eigenvalue weighted by Gasteiger charge is 2.06. The summed E-state index contributed by atoms with van der Waals surface area (Å²) in [6.07, 6.45) is 0. The van der Waals surface area contributed by atoms with E-state index in [0.717, 1.165) is 11.5 Å². The Morgan fingerprint density at radius 2 is 1.00 bits per heavy atom. The highest BCUT2D eigenvalue weighted by atomic mass is 16.5. The van der Waals surface area contributed by atoms with Gasteiger partial charge in [-0.1, -0.05) is 38.1 Å².